The van der Waals surface area contributed by atoms with E-state index in [0.717, 1.165) is 10.9 Å². The van der Waals surface area contributed by atoms with E-state index < -0.39 is 21.9 Å². The van der Waals surface area contributed by atoms with E-state index >= 15 is 0 Å². The van der Waals surface area contributed by atoms with Crippen molar-refractivity contribution < 1.29 is 17.1 Å². The Morgan fingerprint density at radius 2 is 2.05 bits per heavy atom. The third kappa shape index (κ3) is 2.87. The number of fused-ring (bicyclic) bond motifs is 1. The highest BCUT2D eigenvalue weighted by atomic mass is 32.3. The average Bonchev–Trinajstić information content (AvgIpc) is 2.76. The Bertz CT molecular complexity index is 801. The first kappa shape index (κ1) is 13.9. The molecule has 5 nitrogen and oxygen atoms in total. The number of nitrogens with zero attached hydrogens (tertiary/aromatic N) is 2. The molecule has 7 heteroatoms. The predicted octanol–water partition coefficient (Wildman–Crippen LogP) is 1.89. The highest BCUT2D eigenvalue weighted by molar-refractivity contribution is 7.86. The van der Waals surface area contributed by atoms with Crippen LogP contribution in [0.5, 0.6) is 0 Å². The number of hydrogen-bond donors (Lipinski definition) is 0. The first-order valence-electron chi connectivity index (χ1n) is 6.50. The molecule has 21 heavy (non-hydrogen) atoms. The van der Waals surface area contributed by atoms with Crippen LogP contribution >= 0.6 is 0 Å². The highest BCUT2D eigenvalue weighted by Crippen LogP contribution is 2.31. The van der Waals surface area contributed by atoms with E-state index in [2.05, 4.69) is 4.98 Å². The molecule has 0 bridgehead atoms. The quantitative estimate of drug-likeness (QED) is 0.812. The van der Waals surface area contributed by atoms with Gasteiger partial charge in [0.25, 0.3) is 0 Å². The maximum absolute atomic E-state index is 12.8. The van der Waals surface area contributed by atoms with E-state index in [0.29, 0.717) is 5.69 Å². The predicted molar refractivity (Wildman–Crippen MR) is 77.1 cm³/mol. The Morgan fingerprint density at radius 3 is 2.81 bits per heavy atom. The van der Waals surface area contributed by atoms with E-state index in [1.165, 1.54) is 4.90 Å². The average molecular weight is 308 g/mol. The van der Waals surface area contributed by atoms with Gasteiger partial charge in [0.05, 0.1) is 17.0 Å². The van der Waals surface area contributed by atoms with E-state index in [1.54, 1.807) is 12.3 Å². The Balaban J connectivity index is 1.95. The van der Waals surface area contributed by atoms with Crippen molar-refractivity contribution in [3.05, 3.63) is 36.5 Å². The Hall–Kier alpha value is -2.02. The van der Waals surface area contributed by atoms with Crippen molar-refractivity contribution in [2.75, 3.05) is 17.2 Å². The minimum Gasteiger partial charge on any atom is -0.311 e. The molecule has 3 rings (SSSR count). The molecule has 0 aliphatic carbocycles. The van der Waals surface area contributed by atoms with E-state index in [-0.39, 0.29) is 18.9 Å². The SMILES string of the molecule is O=C1CC(CS(=O)(=O)F)CN1c1ccnc2ccccc12. The summed E-state index contributed by atoms with van der Waals surface area (Å²) in [6.07, 6.45) is 1.64. The second-order valence-corrected chi connectivity index (χ2v) is 6.54. The second kappa shape index (κ2) is 5.07. The first-order valence-corrected chi connectivity index (χ1v) is 8.06. The number of amides is 1. The number of para-hydroxylation sites is 1. The van der Waals surface area contributed by atoms with Crippen LogP contribution in [0, 0.1) is 5.92 Å². The number of pyridine rings is 1. The largest absolute Gasteiger partial charge is 0.311 e. The number of anilines is 1. The summed E-state index contributed by atoms with van der Waals surface area (Å²) in [5, 5.41) is 0.817. The molecule has 1 aliphatic rings. The van der Waals surface area contributed by atoms with Crippen molar-refractivity contribution in [1.29, 1.82) is 0 Å². The summed E-state index contributed by atoms with van der Waals surface area (Å²) in [5.74, 6) is -1.32. The normalized spacial score (nSPS) is 19.4. The minimum absolute atomic E-state index is 0.0415. The van der Waals surface area contributed by atoms with Crippen LogP contribution in [0.1, 0.15) is 6.42 Å². The number of hydrogen-bond acceptors (Lipinski definition) is 4. The summed E-state index contributed by atoms with van der Waals surface area (Å²) >= 11 is 0. The highest BCUT2D eigenvalue weighted by Gasteiger charge is 2.34. The van der Waals surface area contributed by atoms with Gasteiger partial charge in [-0.3, -0.25) is 9.78 Å². The number of carbonyl (C=O) groups is 1. The van der Waals surface area contributed by atoms with E-state index in [4.69, 9.17) is 0 Å². The van der Waals surface area contributed by atoms with Gasteiger partial charge >= 0.3 is 10.2 Å². The molecule has 110 valence electrons. The molecular formula is C14H13FN2O3S. The van der Waals surface area contributed by atoms with Gasteiger partial charge in [-0.15, -0.1) is 3.89 Å². The molecule has 0 radical (unpaired) electrons. The zero-order valence-corrected chi connectivity index (χ0v) is 11.9. The summed E-state index contributed by atoms with van der Waals surface area (Å²) in [6.45, 7) is 0.204. The summed E-state index contributed by atoms with van der Waals surface area (Å²) in [4.78, 5) is 17.8. The fourth-order valence-electron chi connectivity index (χ4n) is 2.72. The van der Waals surface area contributed by atoms with Crippen LogP contribution in [0.3, 0.4) is 0 Å². The van der Waals surface area contributed by atoms with E-state index in [9.17, 15) is 17.1 Å². The molecule has 1 amide bonds. The third-order valence-corrected chi connectivity index (χ3v) is 4.43. The van der Waals surface area contributed by atoms with Crippen molar-refractivity contribution in [2.24, 2.45) is 5.92 Å². The lowest BCUT2D eigenvalue weighted by atomic mass is 10.1. The number of halogens is 1. The van der Waals surface area contributed by atoms with Crippen LogP contribution in [0.2, 0.25) is 0 Å². The number of carbonyl (C=O) groups excluding carboxylic acids is 1. The van der Waals surface area contributed by atoms with Crippen LogP contribution in [0.25, 0.3) is 10.9 Å². The molecule has 1 atom stereocenters. The van der Waals surface area contributed by atoms with Crippen molar-refractivity contribution in [1.82, 2.24) is 4.98 Å². The molecule has 1 aromatic heterocycles. The molecule has 1 unspecified atom stereocenters. The molecule has 1 saturated heterocycles. The molecule has 2 aromatic rings. The minimum atomic E-state index is -4.57. The van der Waals surface area contributed by atoms with Gasteiger partial charge in [0.2, 0.25) is 5.91 Å². The van der Waals surface area contributed by atoms with Crippen LogP contribution < -0.4 is 4.90 Å². The monoisotopic (exact) mass is 308 g/mol. The van der Waals surface area contributed by atoms with Gasteiger partial charge in [0, 0.05) is 30.5 Å². The van der Waals surface area contributed by atoms with E-state index in [1.807, 2.05) is 24.3 Å². The smallest absolute Gasteiger partial charge is 0.302 e. The molecule has 0 N–H and O–H groups in total. The van der Waals surface area contributed by atoms with Gasteiger partial charge in [-0.05, 0) is 12.1 Å². The summed E-state index contributed by atoms with van der Waals surface area (Å²) in [6, 6.07) is 9.10. The van der Waals surface area contributed by atoms with Crippen molar-refractivity contribution in [3.8, 4) is 0 Å². The molecule has 1 aromatic carbocycles. The zero-order chi connectivity index (χ0) is 15.0. The lowest BCUT2D eigenvalue weighted by Crippen LogP contribution is -2.25. The Morgan fingerprint density at radius 1 is 1.29 bits per heavy atom. The Labute approximate surface area is 121 Å². The summed E-state index contributed by atoms with van der Waals surface area (Å²) in [7, 11) is -4.57. The number of aromatic nitrogens is 1. The summed E-state index contributed by atoms with van der Waals surface area (Å²) in [5.41, 5.74) is 1.44. The third-order valence-electron chi connectivity index (χ3n) is 3.56. The van der Waals surface area contributed by atoms with Crippen LogP contribution in [0.4, 0.5) is 9.57 Å². The number of benzene rings is 1. The van der Waals surface area contributed by atoms with Gasteiger partial charge in [-0.25, -0.2) is 0 Å². The zero-order valence-electron chi connectivity index (χ0n) is 11.1. The van der Waals surface area contributed by atoms with Crippen molar-refractivity contribution in [2.45, 2.75) is 6.42 Å². The lowest BCUT2D eigenvalue weighted by Gasteiger charge is -2.18. The van der Waals surface area contributed by atoms with Crippen LogP contribution in [-0.2, 0) is 15.0 Å². The molecule has 1 fully saturated rings. The van der Waals surface area contributed by atoms with Gasteiger partial charge < -0.3 is 4.90 Å². The van der Waals surface area contributed by atoms with Crippen LogP contribution in [-0.4, -0.2) is 31.6 Å². The fourth-order valence-corrected chi connectivity index (χ4v) is 3.51. The summed E-state index contributed by atoms with van der Waals surface area (Å²) < 4.78 is 34.3. The van der Waals surface area contributed by atoms with Gasteiger partial charge in [-0.1, -0.05) is 18.2 Å². The molecule has 0 spiro atoms. The van der Waals surface area contributed by atoms with Gasteiger partial charge in [-0.2, -0.15) is 8.42 Å². The maximum Gasteiger partial charge on any atom is 0.302 e. The van der Waals surface area contributed by atoms with Crippen molar-refractivity contribution in [3.63, 3.8) is 0 Å². The fraction of sp³-hybridized carbons (Fsp3) is 0.286. The van der Waals surface area contributed by atoms with Gasteiger partial charge in [0.15, 0.2) is 0 Å². The topological polar surface area (TPSA) is 67.3 Å². The molecular weight excluding hydrogens is 295 g/mol. The molecule has 1 aliphatic heterocycles. The molecule has 2 heterocycles. The van der Waals surface area contributed by atoms with Crippen LogP contribution in [0.15, 0.2) is 36.5 Å². The first-order chi connectivity index (χ1) is 9.94. The maximum atomic E-state index is 12.8. The second-order valence-electron chi connectivity index (χ2n) is 5.13. The van der Waals surface area contributed by atoms with Crippen molar-refractivity contribution >= 4 is 32.7 Å². The molecule has 0 saturated carbocycles. The number of rotatable bonds is 3. The lowest BCUT2D eigenvalue weighted by molar-refractivity contribution is -0.117. The Kier molecular flexibility index (Phi) is 3.36. The van der Waals surface area contributed by atoms with Gasteiger partial charge in [0.1, 0.15) is 0 Å². The standard InChI is InChI=1S/C14H13FN2O3S/c15-21(19,20)9-10-7-14(18)17(8-10)13-5-6-16-12-4-2-1-3-11(12)13/h1-6,10H,7-9H2.